The van der Waals surface area contributed by atoms with Gasteiger partial charge in [0.25, 0.3) is 0 Å². The fraction of sp³-hybridized carbons (Fsp3) is 0.286. The summed E-state index contributed by atoms with van der Waals surface area (Å²) in [7, 11) is 1.24. The van der Waals surface area contributed by atoms with E-state index >= 15 is 0 Å². The highest BCUT2D eigenvalue weighted by molar-refractivity contribution is 9.10. The van der Waals surface area contributed by atoms with Crippen LogP contribution in [0.25, 0.3) is 0 Å². The highest BCUT2D eigenvalue weighted by atomic mass is 79.9. The van der Waals surface area contributed by atoms with Gasteiger partial charge in [-0.3, -0.25) is 5.32 Å². The van der Waals surface area contributed by atoms with Crippen LogP contribution in [0.3, 0.4) is 0 Å². The normalized spacial score (nSPS) is 12.5. The summed E-state index contributed by atoms with van der Waals surface area (Å²) in [6.07, 6.45) is -0.0709. The number of rotatable bonds is 4. The third-order valence-corrected chi connectivity index (χ3v) is 3.13. The van der Waals surface area contributed by atoms with Gasteiger partial charge in [0.15, 0.2) is 0 Å². The Morgan fingerprint density at radius 1 is 1.30 bits per heavy atom. The first-order chi connectivity index (χ1) is 9.47. The molecule has 0 spiro atoms. The summed E-state index contributed by atoms with van der Waals surface area (Å²) >= 11 is 3.30. The van der Waals surface area contributed by atoms with E-state index in [2.05, 4.69) is 26.0 Å². The molecule has 1 atom stereocenters. The lowest BCUT2D eigenvalue weighted by Gasteiger charge is -2.16. The van der Waals surface area contributed by atoms with Crippen LogP contribution in [-0.4, -0.2) is 25.3 Å². The Bertz CT molecular complexity index is 510. The minimum Gasteiger partial charge on any atom is -0.466 e. The first-order valence-corrected chi connectivity index (χ1v) is 6.71. The molecule has 0 radical (unpaired) electrons. The van der Waals surface area contributed by atoms with Gasteiger partial charge in [0, 0.05) is 10.2 Å². The SMILES string of the molecule is C/C=C(\C)C(OC(=O)Nc1ccc(Br)cc1)C(=O)OC. The monoisotopic (exact) mass is 341 g/mol. The van der Waals surface area contributed by atoms with Crippen molar-refractivity contribution < 1.29 is 19.1 Å². The number of allylic oxidation sites excluding steroid dienone is 1. The smallest absolute Gasteiger partial charge is 0.412 e. The number of benzene rings is 1. The molecule has 0 saturated carbocycles. The predicted octanol–water partition coefficient (Wildman–Crippen LogP) is 3.51. The molecule has 1 amide bonds. The van der Waals surface area contributed by atoms with E-state index in [-0.39, 0.29) is 0 Å². The van der Waals surface area contributed by atoms with Crippen LogP contribution in [0.5, 0.6) is 0 Å². The van der Waals surface area contributed by atoms with Gasteiger partial charge in [0.2, 0.25) is 6.10 Å². The first kappa shape index (κ1) is 16.2. The summed E-state index contributed by atoms with van der Waals surface area (Å²) in [6.45, 7) is 3.44. The van der Waals surface area contributed by atoms with Crippen molar-refractivity contribution in [2.75, 3.05) is 12.4 Å². The Labute approximate surface area is 126 Å². The summed E-state index contributed by atoms with van der Waals surface area (Å²) in [5.74, 6) is -0.619. The highest BCUT2D eigenvalue weighted by Gasteiger charge is 2.25. The third kappa shape index (κ3) is 4.70. The van der Waals surface area contributed by atoms with Crippen LogP contribution in [0.15, 0.2) is 40.4 Å². The van der Waals surface area contributed by atoms with Gasteiger partial charge < -0.3 is 9.47 Å². The van der Waals surface area contributed by atoms with Crippen molar-refractivity contribution in [3.05, 3.63) is 40.4 Å². The fourth-order valence-corrected chi connectivity index (χ4v) is 1.64. The molecule has 0 aliphatic rings. The predicted molar refractivity (Wildman–Crippen MR) is 79.5 cm³/mol. The van der Waals surface area contributed by atoms with E-state index in [0.29, 0.717) is 11.3 Å². The van der Waals surface area contributed by atoms with E-state index in [9.17, 15) is 9.59 Å². The number of carbonyl (C=O) groups excluding carboxylic acids is 2. The van der Waals surface area contributed by atoms with E-state index in [1.165, 1.54) is 7.11 Å². The minimum atomic E-state index is -1.04. The second-order valence-corrected chi connectivity index (χ2v) is 4.89. The maximum Gasteiger partial charge on any atom is 0.412 e. The molecule has 0 heterocycles. The van der Waals surface area contributed by atoms with E-state index in [1.54, 1.807) is 44.2 Å². The molecule has 20 heavy (non-hydrogen) atoms. The van der Waals surface area contributed by atoms with Crippen LogP contribution in [0.4, 0.5) is 10.5 Å². The fourth-order valence-electron chi connectivity index (χ4n) is 1.37. The number of esters is 1. The molecular weight excluding hydrogens is 326 g/mol. The number of halogens is 1. The highest BCUT2D eigenvalue weighted by Crippen LogP contribution is 2.15. The van der Waals surface area contributed by atoms with Gasteiger partial charge >= 0.3 is 12.1 Å². The molecule has 0 saturated heterocycles. The van der Waals surface area contributed by atoms with Crippen molar-refractivity contribution in [2.24, 2.45) is 0 Å². The van der Waals surface area contributed by atoms with Crippen LogP contribution in [0.1, 0.15) is 13.8 Å². The van der Waals surface area contributed by atoms with Gasteiger partial charge in [-0.25, -0.2) is 9.59 Å². The van der Waals surface area contributed by atoms with Crippen molar-refractivity contribution in [1.29, 1.82) is 0 Å². The van der Waals surface area contributed by atoms with Crippen molar-refractivity contribution in [3.63, 3.8) is 0 Å². The zero-order valence-corrected chi connectivity index (χ0v) is 13.1. The van der Waals surface area contributed by atoms with Crippen LogP contribution in [0, 0.1) is 0 Å². The Balaban J connectivity index is 2.71. The lowest BCUT2D eigenvalue weighted by atomic mass is 10.1. The maximum atomic E-state index is 11.8. The second-order valence-electron chi connectivity index (χ2n) is 3.97. The average molecular weight is 342 g/mol. The molecule has 6 heteroatoms. The minimum absolute atomic E-state index is 0.569. The summed E-state index contributed by atoms with van der Waals surface area (Å²) < 4.78 is 10.6. The van der Waals surface area contributed by atoms with Gasteiger partial charge in [-0.05, 0) is 43.7 Å². The molecular formula is C14H16BrNO4. The van der Waals surface area contributed by atoms with Crippen molar-refractivity contribution in [2.45, 2.75) is 20.0 Å². The molecule has 5 nitrogen and oxygen atoms in total. The van der Waals surface area contributed by atoms with Crippen LogP contribution < -0.4 is 5.32 Å². The molecule has 108 valence electrons. The Morgan fingerprint density at radius 2 is 1.90 bits per heavy atom. The number of amides is 1. The van der Waals surface area contributed by atoms with E-state index in [4.69, 9.17) is 4.74 Å². The largest absolute Gasteiger partial charge is 0.466 e. The molecule has 1 rings (SSSR count). The van der Waals surface area contributed by atoms with Gasteiger partial charge in [-0.15, -0.1) is 0 Å². The van der Waals surface area contributed by atoms with E-state index < -0.39 is 18.2 Å². The Morgan fingerprint density at radius 3 is 2.40 bits per heavy atom. The van der Waals surface area contributed by atoms with E-state index in [1.807, 2.05) is 0 Å². The molecule has 1 aromatic rings. The molecule has 0 fully saturated rings. The molecule has 1 N–H and O–H groups in total. The molecule has 1 unspecified atom stereocenters. The maximum absolute atomic E-state index is 11.8. The molecule has 0 aliphatic heterocycles. The summed E-state index contributed by atoms with van der Waals surface area (Å²) in [5, 5.41) is 2.54. The Hall–Kier alpha value is -1.82. The zero-order valence-electron chi connectivity index (χ0n) is 11.5. The zero-order chi connectivity index (χ0) is 15.1. The number of ether oxygens (including phenoxy) is 2. The standard InChI is InChI=1S/C14H16BrNO4/c1-4-9(2)12(13(17)19-3)20-14(18)16-11-7-5-10(15)6-8-11/h4-8,12H,1-3H3,(H,16,18)/b9-4+. The quantitative estimate of drug-likeness (QED) is 0.672. The number of hydrogen-bond acceptors (Lipinski definition) is 4. The lowest BCUT2D eigenvalue weighted by molar-refractivity contribution is -0.148. The number of methoxy groups -OCH3 is 1. The topological polar surface area (TPSA) is 64.6 Å². The van der Waals surface area contributed by atoms with Crippen molar-refractivity contribution >= 4 is 33.7 Å². The summed E-state index contributed by atoms with van der Waals surface area (Å²) in [4.78, 5) is 23.3. The number of anilines is 1. The molecule has 0 bridgehead atoms. The molecule has 0 aromatic heterocycles. The van der Waals surface area contributed by atoms with Crippen LogP contribution >= 0.6 is 15.9 Å². The van der Waals surface area contributed by atoms with Crippen molar-refractivity contribution in [1.82, 2.24) is 0 Å². The van der Waals surface area contributed by atoms with Gasteiger partial charge in [0.1, 0.15) is 0 Å². The molecule has 0 aliphatic carbocycles. The summed E-state index contributed by atoms with van der Waals surface area (Å²) in [5.41, 5.74) is 1.17. The lowest BCUT2D eigenvalue weighted by Crippen LogP contribution is -2.31. The average Bonchev–Trinajstić information content (AvgIpc) is 2.45. The molecule has 1 aromatic carbocycles. The second kappa shape index (κ2) is 7.69. The van der Waals surface area contributed by atoms with Crippen LogP contribution in [-0.2, 0) is 14.3 Å². The van der Waals surface area contributed by atoms with Gasteiger partial charge in [-0.2, -0.15) is 0 Å². The number of hydrogen-bond donors (Lipinski definition) is 1. The summed E-state index contributed by atoms with van der Waals surface area (Å²) in [6, 6.07) is 6.98. The van der Waals surface area contributed by atoms with E-state index in [0.717, 1.165) is 4.47 Å². The van der Waals surface area contributed by atoms with Gasteiger partial charge in [0.05, 0.1) is 7.11 Å². The van der Waals surface area contributed by atoms with Crippen LogP contribution in [0.2, 0.25) is 0 Å². The third-order valence-electron chi connectivity index (χ3n) is 2.60. The Kier molecular flexibility index (Phi) is 6.24. The van der Waals surface area contributed by atoms with Crippen molar-refractivity contribution in [3.8, 4) is 0 Å². The number of nitrogens with one attached hydrogen (secondary N) is 1. The first-order valence-electron chi connectivity index (χ1n) is 5.91. The number of carbonyl (C=O) groups is 2. The van der Waals surface area contributed by atoms with Gasteiger partial charge in [-0.1, -0.05) is 22.0 Å².